The van der Waals surface area contributed by atoms with Crippen LogP contribution in [-0.4, -0.2) is 39.1 Å². The molecular weight excluding hydrogens is 396 g/mol. The Bertz CT molecular complexity index is 1120. The molecule has 0 spiro atoms. The number of anilines is 1. The van der Waals surface area contributed by atoms with Gasteiger partial charge in [-0.25, -0.2) is 9.97 Å². The summed E-state index contributed by atoms with van der Waals surface area (Å²) in [7, 11) is 0. The Balaban J connectivity index is 1.32. The Kier molecular flexibility index (Phi) is 5.44. The molecule has 4 rings (SSSR count). The highest BCUT2D eigenvalue weighted by atomic mass is 16.5. The highest BCUT2D eigenvalue weighted by molar-refractivity contribution is 6.21. The van der Waals surface area contributed by atoms with Crippen LogP contribution in [0.5, 0.6) is 11.8 Å². The number of rotatable bonds is 6. The molecule has 0 atom stereocenters. The zero-order chi connectivity index (χ0) is 22.0. The van der Waals surface area contributed by atoms with Gasteiger partial charge in [-0.15, -0.1) is 0 Å². The van der Waals surface area contributed by atoms with Crippen molar-refractivity contribution in [3.05, 3.63) is 77.1 Å². The Morgan fingerprint density at radius 3 is 2.10 bits per heavy atom. The number of ether oxygens (including phenoxy) is 1. The van der Waals surface area contributed by atoms with Crippen LogP contribution in [0.25, 0.3) is 0 Å². The molecule has 1 aromatic heterocycles. The molecule has 2 aromatic carbocycles. The predicted octanol–water partition coefficient (Wildman–Crippen LogP) is 3.51. The highest BCUT2D eigenvalue weighted by Gasteiger charge is 2.34. The molecule has 156 valence electrons. The molecule has 3 amide bonds. The van der Waals surface area contributed by atoms with E-state index in [1.807, 2.05) is 19.9 Å². The first-order chi connectivity index (χ1) is 14.9. The van der Waals surface area contributed by atoms with Gasteiger partial charge in [-0.2, -0.15) is 0 Å². The first-order valence-corrected chi connectivity index (χ1v) is 9.76. The summed E-state index contributed by atoms with van der Waals surface area (Å²) < 4.78 is 5.65. The van der Waals surface area contributed by atoms with E-state index in [1.165, 1.54) is 0 Å². The van der Waals surface area contributed by atoms with E-state index in [-0.39, 0.29) is 36.7 Å². The molecule has 0 unspecified atom stereocenters. The molecule has 0 radical (unpaired) electrons. The van der Waals surface area contributed by atoms with Crippen LogP contribution in [0.3, 0.4) is 0 Å². The molecule has 3 aromatic rings. The van der Waals surface area contributed by atoms with Crippen molar-refractivity contribution in [2.24, 2.45) is 0 Å². The van der Waals surface area contributed by atoms with E-state index in [2.05, 4.69) is 15.3 Å². The topological polar surface area (TPSA) is 101 Å². The van der Waals surface area contributed by atoms with E-state index in [1.54, 1.807) is 48.5 Å². The van der Waals surface area contributed by atoms with Gasteiger partial charge < -0.3 is 10.1 Å². The number of fused-ring (bicyclic) bond motifs is 1. The van der Waals surface area contributed by atoms with Crippen molar-refractivity contribution in [3.63, 3.8) is 0 Å². The van der Waals surface area contributed by atoms with Crippen molar-refractivity contribution in [3.8, 4) is 11.8 Å². The van der Waals surface area contributed by atoms with Gasteiger partial charge in [0.15, 0.2) is 0 Å². The molecule has 8 nitrogen and oxygen atoms in total. The second-order valence-electron chi connectivity index (χ2n) is 7.17. The third-order valence-corrected chi connectivity index (χ3v) is 4.75. The fourth-order valence-electron chi connectivity index (χ4n) is 3.33. The molecular formula is C23H20N4O4. The van der Waals surface area contributed by atoms with Gasteiger partial charge in [0, 0.05) is 30.0 Å². The van der Waals surface area contributed by atoms with Gasteiger partial charge in [0.25, 0.3) is 11.8 Å². The molecule has 1 aliphatic heterocycles. The number of imide groups is 1. The van der Waals surface area contributed by atoms with Crippen LogP contribution in [-0.2, 0) is 4.79 Å². The van der Waals surface area contributed by atoms with Gasteiger partial charge in [0.2, 0.25) is 5.91 Å². The Morgan fingerprint density at radius 1 is 0.935 bits per heavy atom. The van der Waals surface area contributed by atoms with Crippen molar-refractivity contribution in [1.82, 2.24) is 14.9 Å². The number of amides is 3. The number of nitrogens with zero attached hydrogens (tertiary/aromatic N) is 3. The maximum atomic E-state index is 12.4. The fourth-order valence-corrected chi connectivity index (χ4v) is 3.33. The Hall–Kier alpha value is -4.07. The summed E-state index contributed by atoms with van der Waals surface area (Å²) in [4.78, 5) is 46.6. The smallest absolute Gasteiger partial charge is 0.322 e. The first kappa shape index (κ1) is 20.2. The number of carbonyl (C=O) groups is 3. The number of hydrogen-bond acceptors (Lipinski definition) is 6. The lowest BCUT2D eigenvalue weighted by Crippen LogP contribution is -2.32. The van der Waals surface area contributed by atoms with Crippen LogP contribution in [0.1, 0.15) is 38.5 Å². The number of carbonyl (C=O) groups excluding carboxylic acids is 3. The summed E-state index contributed by atoms with van der Waals surface area (Å²) in [6, 6.07) is 15.5. The lowest BCUT2D eigenvalue weighted by atomic mass is 10.1. The van der Waals surface area contributed by atoms with E-state index >= 15 is 0 Å². The van der Waals surface area contributed by atoms with Crippen LogP contribution < -0.4 is 10.1 Å². The zero-order valence-electron chi connectivity index (χ0n) is 17.1. The van der Waals surface area contributed by atoms with E-state index in [4.69, 9.17) is 4.74 Å². The van der Waals surface area contributed by atoms with Gasteiger partial charge in [0.05, 0.1) is 11.1 Å². The average Bonchev–Trinajstić information content (AvgIpc) is 2.97. The van der Waals surface area contributed by atoms with Crippen LogP contribution >= 0.6 is 0 Å². The average molecular weight is 416 g/mol. The molecule has 1 aliphatic rings. The standard InChI is InChI=1S/C23H20N4O4/c1-14-13-15(2)25-23(24-14)31-17-9-7-16(8-10-17)26-20(28)11-12-27-21(29)18-5-3-4-6-19(18)22(27)30/h3-10,13H,11-12H2,1-2H3,(H,26,28). The number of benzene rings is 2. The normalized spacial score (nSPS) is 12.6. The van der Waals surface area contributed by atoms with E-state index in [0.29, 0.717) is 22.6 Å². The molecule has 0 saturated carbocycles. The molecule has 0 saturated heterocycles. The summed E-state index contributed by atoms with van der Waals surface area (Å²) in [5, 5.41) is 2.75. The summed E-state index contributed by atoms with van der Waals surface area (Å²) in [6.07, 6.45) is 0.000128. The molecule has 0 fully saturated rings. The van der Waals surface area contributed by atoms with Crippen LogP contribution in [0.4, 0.5) is 5.69 Å². The van der Waals surface area contributed by atoms with Gasteiger partial charge in [-0.05, 0) is 56.3 Å². The maximum Gasteiger partial charge on any atom is 0.322 e. The molecule has 2 heterocycles. The van der Waals surface area contributed by atoms with Gasteiger partial charge >= 0.3 is 6.01 Å². The first-order valence-electron chi connectivity index (χ1n) is 9.76. The molecule has 0 aliphatic carbocycles. The second-order valence-corrected chi connectivity index (χ2v) is 7.17. The summed E-state index contributed by atoms with van der Waals surface area (Å²) in [5.41, 5.74) is 2.93. The van der Waals surface area contributed by atoms with Gasteiger partial charge in [-0.3, -0.25) is 19.3 Å². The van der Waals surface area contributed by atoms with Crippen LogP contribution in [0.15, 0.2) is 54.6 Å². The highest BCUT2D eigenvalue weighted by Crippen LogP contribution is 2.23. The monoisotopic (exact) mass is 416 g/mol. The lowest BCUT2D eigenvalue weighted by Gasteiger charge is -2.13. The summed E-state index contributed by atoms with van der Waals surface area (Å²) in [5.74, 6) is -0.510. The largest absolute Gasteiger partial charge is 0.424 e. The van der Waals surface area contributed by atoms with Crippen molar-refractivity contribution < 1.29 is 19.1 Å². The Morgan fingerprint density at radius 2 is 1.52 bits per heavy atom. The number of hydrogen-bond donors (Lipinski definition) is 1. The molecule has 0 bridgehead atoms. The predicted molar refractivity (Wildman–Crippen MR) is 113 cm³/mol. The minimum absolute atomic E-state index is 0.000128. The summed E-state index contributed by atoms with van der Waals surface area (Å²) >= 11 is 0. The molecule has 31 heavy (non-hydrogen) atoms. The van der Waals surface area contributed by atoms with Crippen molar-refractivity contribution in [2.75, 3.05) is 11.9 Å². The minimum atomic E-state index is -0.372. The third-order valence-electron chi connectivity index (χ3n) is 4.75. The fraction of sp³-hybridized carbons (Fsp3) is 0.174. The summed E-state index contributed by atoms with van der Waals surface area (Å²) in [6.45, 7) is 3.74. The second kappa shape index (κ2) is 8.35. The van der Waals surface area contributed by atoms with Crippen LogP contribution in [0, 0.1) is 13.8 Å². The van der Waals surface area contributed by atoms with Crippen molar-refractivity contribution in [2.45, 2.75) is 20.3 Å². The van der Waals surface area contributed by atoms with Crippen molar-refractivity contribution >= 4 is 23.4 Å². The number of nitrogens with one attached hydrogen (secondary N) is 1. The molecule has 1 N–H and O–H groups in total. The van der Waals surface area contributed by atoms with E-state index in [0.717, 1.165) is 16.3 Å². The number of aromatic nitrogens is 2. The van der Waals surface area contributed by atoms with Gasteiger partial charge in [0.1, 0.15) is 5.75 Å². The maximum absolute atomic E-state index is 12.4. The lowest BCUT2D eigenvalue weighted by molar-refractivity contribution is -0.116. The Labute approximate surface area is 178 Å². The van der Waals surface area contributed by atoms with Gasteiger partial charge in [-0.1, -0.05) is 12.1 Å². The quantitative estimate of drug-likeness (QED) is 0.617. The molecule has 8 heteroatoms. The number of aryl methyl sites for hydroxylation is 2. The van der Waals surface area contributed by atoms with Crippen molar-refractivity contribution in [1.29, 1.82) is 0 Å². The minimum Gasteiger partial charge on any atom is -0.424 e. The van der Waals surface area contributed by atoms with Crippen LogP contribution in [0.2, 0.25) is 0 Å². The van der Waals surface area contributed by atoms with E-state index < -0.39 is 0 Å². The third kappa shape index (κ3) is 4.42. The SMILES string of the molecule is Cc1cc(C)nc(Oc2ccc(NC(=O)CCN3C(=O)c4ccccc4C3=O)cc2)n1. The zero-order valence-corrected chi connectivity index (χ0v) is 17.1. The van der Waals surface area contributed by atoms with E-state index in [9.17, 15) is 14.4 Å².